The molecular weight excluding hydrogens is 398 g/mol. The second kappa shape index (κ2) is 9.40. The number of β-amino-alcohol motifs (C(OH)–C–C–N with tert-alkyl or cyclic N) is 1. The van der Waals surface area contributed by atoms with Crippen LogP contribution in [0.25, 0.3) is 11.0 Å². The van der Waals surface area contributed by atoms with Gasteiger partial charge >= 0.3 is 5.63 Å². The van der Waals surface area contributed by atoms with Crippen molar-refractivity contribution in [3.05, 3.63) is 82.2 Å². The van der Waals surface area contributed by atoms with Gasteiger partial charge in [0.1, 0.15) is 11.1 Å². The summed E-state index contributed by atoms with van der Waals surface area (Å²) < 4.78 is 5.25. The molecule has 162 valence electrons. The Morgan fingerprint density at radius 2 is 1.87 bits per heavy atom. The van der Waals surface area contributed by atoms with Crippen molar-refractivity contribution in [3.63, 3.8) is 0 Å². The first kappa shape index (κ1) is 21.2. The van der Waals surface area contributed by atoms with Gasteiger partial charge in [-0.2, -0.15) is 0 Å². The number of nitrogens with one attached hydrogen (secondary N) is 3. The molecule has 1 saturated heterocycles. The standard InChI is InChI=1S/C23H25N3O5/c27-19-13-25-18(21(19)28)12-24-17(14-6-2-1-3-7-14)11-26-22(29)16-10-15-8-4-5-9-20(15)31-23(16)30/h1-10,17-19,21,24-25,27-28H,11-13H2,(H,26,29)/t17-,18+,19-,21+/m0/s1. The highest BCUT2D eigenvalue weighted by Crippen LogP contribution is 2.15. The topological polar surface area (TPSA) is 124 Å². The zero-order valence-corrected chi connectivity index (χ0v) is 16.8. The summed E-state index contributed by atoms with van der Waals surface area (Å²) in [5.74, 6) is -0.517. The highest BCUT2D eigenvalue weighted by Gasteiger charge is 2.33. The predicted molar refractivity (Wildman–Crippen MR) is 116 cm³/mol. The summed E-state index contributed by atoms with van der Waals surface area (Å²) in [6, 6.07) is 17.6. The summed E-state index contributed by atoms with van der Waals surface area (Å²) in [6.07, 6.45) is -1.66. The molecular formula is C23H25N3O5. The molecule has 3 aromatic rings. The number of carbonyl (C=O) groups excluding carboxylic acids is 1. The van der Waals surface area contributed by atoms with E-state index in [2.05, 4.69) is 16.0 Å². The van der Waals surface area contributed by atoms with E-state index in [9.17, 15) is 19.8 Å². The Bertz CT molecular complexity index is 1100. The molecule has 5 N–H and O–H groups in total. The molecule has 1 amide bonds. The van der Waals surface area contributed by atoms with E-state index in [4.69, 9.17) is 4.42 Å². The van der Waals surface area contributed by atoms with Crippen molar-refractivity contribution < 1.29 is 19.4 Å². The number of rotatable bonds is 7. The molecule has 8 heteroatoms. The van der Waals surface area contributed by atoms with Crippen LogP contribution in [0.5, 0.6) is 0 Å². The van der Waals surface area contributed by atoms with Crippen molar-refractivity contribution in [2.24, 2.45) is 0 Å². The fourth-order valence-corrected chi connectivity index (χ4v) is 3.75. The summed E-state index contributed by atoms with van der Waals surface area (Å²) >= 11 is 0. The fraction of sp³-hybridized carbons (Fsp3) is 0.304. The lowest BCUT2D eigenvalue weighted by Gasteiger charge is -2.23. The van der Waals surface area contributed by atoms with E-state index >= 15 is 0 Å². The minimum Gasteiger partial charge on any atom is -0.422 e. The fourth-order valence-electron chi connectivity index (χ4n) is 3.75. The quantitative estimate of drug-likeness (QED) is 0.352. The third kappa shape index (κ3) is 4.83. The lowest BCUT2D eigenvalue weighted by atomic mass is 10.1. The van der Waals surface area contributed by atoms with Gasteiger partial charge in [-0.3, -0.25) is 4.79 Å². The largest absolute Gasteiger partial charge is 0.422 e. The zero-order chi connectivity index (χ0) is 21.8. The van der Waals surface area contributed by atoms with E-state index < -0.39 is 23.7 Å². The number of aliphatic hydroxyl groups is 2. The van der Waals surface area contributed by atoms with Crippen molar-refractivity contribution in [2.75, 3.05) is 19.6 Å². The first-order chi connectivity index (χ1) is 15.0. The van der Waals surface area contributed by atoms with Crippen molar-refractivity contribution in [1.82, 2.24) is 16.0 Å². The van der Waals surface area contributed by atoms with Crippen molar-refractivity contribution in [3.8, 4) is 0 Å². The van der Waals surface area contributed by atoms with Gasteiger partial charge in [-0.05, 0) is 17.7 Å². The van der Waals surface area contributed by atoms with E-state index in [1.807, 2.05) is 36.4 Å². The minimum absolute atomic E-state index is 0.0542. The maximum atomic E-state index is 12.7. The predicted octanol–water partition coefficient (Wildman–Crippen LogP) is 0.547. The summed E-state index contributed by atoms with van der Waals surface area (Å²) in [5, 5.41) is 29.7. The number of hydrogen-bond acceptors (Lipinski definition) is 7. The lowest BCUT2D eigenvalue weighted by Crippen LogP contribution is -2.45. The SMILES string of the molecule is O=C(NC[C@H](NC[C@H]1NC[C@H](O)[C@@H]1O)c1ccccc1)c1cc2ccccc2oc1=O. The molecule has 1 aromatic heterocycles. The summed E-state index contributed by atoms with van der Waals surface area (Å²) in [5.41, 5.74) is 0.633. The number of benzene rings is 2. The molecule has 0 spiro atoms. The van der Waals surface area contributed by atoms with Crippen molar-refractivity contribution >= 4 is 16.9 Å². The van der Waals surface area contributed by atoms with E-state index in [1.165, 1.54) is 6.07 Å². The van der Waals surface area contributed by atoms with Gasteiger partial charge in [-0.1, -0.05) is 48.5 Å². The molecule has 0 radical (unpaired) electrons. The molecule has 1 aliphatic heterocycles. The Morgan fingerprint density at radius 1 is 1.13 bits per heavy atom. The van der Waals surface area contributed by atoms with Gasteiger partial charge in [0.15, 0.2) is 0 Å². The maximum absolute atomic E-state index is 12.7. The number of para-hydroxylation sites is 1. The van der Waals surface area contributed by atoms with Gasteiger partial charge in [0.2, 0.25) is 0 Å². The number of hydrogen-bond donors (Lipinski definition) is 5. The third-order valence-electron chi connectivity index (χ3n) is 5.53. The van der Waals surface area contributed by atoms with Gasteiger partial charge in [0.25, 0.3) is 5.91 Å². The number of amides is 1. The summed E-state index contributed by atoms with van der Waals surface area (Å²) in [7, 11) is 0. The first-order valence-electron chi connectivity index (χ1n) is 10.2. The molecule has 2 aromatic carbocycles. The average Bonchev–Trinajstić information content (AvgIpc) is 3.11. The van der Waals surface area contributed by atoms with E-state index in [1.54, 1.807) is 18.2 Å². The number of aliphatic hydroxyl groups excluding tert-OH is 2. The molecule has 8 nitrogen and oxygen atoms in total. The van der Waals surface area contributed by atoms with Gasteiger partial charge in [-0.25, -0.2) is 4.79 Å². The number of fused-ring (bicyclic) bond motifs is 1. The van der Waals surface area contributed by atoms with Gasteiger partial charge in [0, 0.05) is 37.1 Å². The van der Waals surface area contributed by atoms with Crippen LogP contribution < -0.4 is 21.6 Å². The molecule has 1 aliphatic rings. The molecule has 0 bridgehead atoms. The van der Waals surface area contributed by atoms with Crippen molar-refractivity contribution in [1.29, 1.82) is 0 Å². The third-order valence-corrected chi connectivity index (χ3v) is 5.53. The van der Waals surface area contributed by atoms with Crippen molar-refractivity contribution in [2.45, 2.75) is 24.3 Å². The Balaban J connectivity index is 1.46. The van der Waals surface area contributed by atoms with E-state index in [0.717, 1.165) is 5.56 Å². The number of carbonyl (C=O) groups is 1. The summed E-state index contributed by atoms with van der Waals surface area (Å²) in [6.45, 7) is 0.949. The normalized spacial score (nSPS) is 21.8. The summed E-state index contributed by atoms with van der Waals surface area (Å²) in [4.78, 5) is 25.0. The Kier molecular flexibility index (Phi) is 6.43. The van der Waals surface area contributed by atoms with Crippen LogP contribution in [-0.2, 0) is 0 Å². The van der Waals surface area contributed by atoms with Gasteiger partial charge in [-0.15, -0.1) is 0 Å². The smallest absolute Gasteiger partial charge is 0.349 e. The molecule has 31 heavy (non-hydrogen) atoms. The van der Waals surface area contributed by atoms with E-state index in [0.29, 0.717) is 24.1 Å². The van der Waals surface area contributed by atoms with Crippen LogP contribution in [0, 0.1) is 0 Å². The molecule has 4 rings (SSSR count). The van der Waals surface area contributed by atoms with Crippen LogP contribution in [0.15, 0.2) is 69.9 Å². The Labute approximate surface area is 178 Å². The second-order valence-electron chi connectivity index (χ2n) is 7.64. The zero-order valence-electron chi connectivity index (χ0n) is 16.8. The van der Waals surface area contributed by atoms with Gasteiger partial charge in [0.05, 0.1) is 12.2 Å². The Morgan fingerprint density at radius 3 is 2.61 bits per heavy atom. The second-order valence-corrected chi connectivity index (χ2v) is 7.64. The molecule has 0 unspecified atom stereocenters. The molecule has 0 aliphatic carbocycles. The molecule has 0 saturated carbocycles. The van der Waals surface area contributed by atoms with Crippen LogP contribution >= 0.6 is 0 Å². The van der Waals surface area contributed by atoms with Crippen LogP contribution in [0.2, 0.25) is 0 Å². The minimum atomic E-state index is -0.860. The van der Waals surface area contributed by atoms with Crippen LogP contribution in [-0.4, -0.2) is 54.0 Å². The maximum Gasteiger partial charge on any atom is 0.349 e. The van der Waals surface area contributed by atoms with Crippen LogP contribution in [0.4, 0.5) is 0 Å². The highest BCUT2D eigenvalue weighted by molar-refractivity contribution is 5.96. The lowest BCUT2D eigenvalue weighted by molar-refractivity contribution is 0.0403. The van der Waals surface area contributed by atoms with Crippen LogP contribution in [0.3, 0.4) is 0 Å². The van der Waals surface area contributed by atoms with Gasteiger partial charge < -0.3 is 30.6 Å². The highest BCUT2D eigenvalue weighted by atomic mass is 16.4. The van der Waals surface area contributed by atoms with E-state index in [-0.39, 0.29) is 24.2 Å². The van der Waals surface area contributed by atoms with Crippen LogP contribution in [0.1, 0.15) is 22.0 Å². The average molecular weight is 423 g/mol. The first-order valence-corrected chi connectivity index (χ1v) is 10.2. The molecule has 1 fully saturated rings. The monoisotopic (exact) mass is 423 g/mol. The molecule has 2 heterocycles. The Hall–Kier alpha value is -3.04. The molecule has 4 atom stereocenters.